The summed E-state index contributed by atoms with van der Waals surface area (Å²) in [5.41, 5.74) is 3.52. The summed E-state index contributed by atoms with van der Waals surface area (Å²) in [6, 6.07) is 10.7. The molecule has 120 valence electrons. The van der Waals surface area contributed by atoms with Crippen LogP contribution in [0, 0.1) is 20.8 Å². The smallest absolute Gasteiger partial charge is 0.264 e. The molecule has 2 aromatic carbocycles. The first-order valence-corrected chi connectivity index (χ1v) is 8.98. The SMILES string of the molecule is Cc1ccc2c(c1)C(=O)CCN2S(=O)(=O)c1cc(C)ccc1C. The highest BCUT2D eigenvalue weighted by atomic mass is 32.2. The molecule has 0 unspecified atom stereocenters. The lowest BCUT2D eigenvalue weighted by atomic mass is 10.0. The third-order valence-corrected chi connectivity index (χ3v) is 6.13. The quantitative estimate of drug-likeness (QED) is 0.848. The van der Waals surface area contributed by atoms with E-state index in [1.165, 1.54) is 4.31 Å². The Labute approximate surface area is 136 Å². The number of carbonyl (C=O) groups excluding carboxylic acids is 1. The number of sulfonamides is 1. The highest BCUT2D eigenvalue weighted by Gasteiger charge is 2.33. The Balaban J connectivity index is 2.17. The van der Waals surface area contributed by atoms with Gasteiger partial charge in [-0.3, -0.25) is 9.10 Å². The molecule has 5 heteroatoms. The van der Waals surface area contributed by atoms with E-state index in [4.69, 9.17) is 0 Å². The van der Waals surface area contributed by atoms with E-state index in [-0.39, 0.29) is 18.7 Å². The third kappa shape index (κ3) is 2.65. The molecule has 0 aromatic heterocycles. The number of benzene rings is 2. The molecule has 2 aromatic rings. The summed E-state index contributed by atoms with van der Waals surface area (Å²) in [5.74, 6) is -0.00360. The van der Waals surface area contributed by atoms with Crippen LogP contribution in [0.4, 0.5) is 5.69 Å². The minimum Gasteiger partial charge on any atom is -0.294 e. The van der Waals surface area contributed by atoms with Gasteiger partial charge in [-0.15, -0.1) is 0 Å². The Morgan fingerprint density at radius 2 is 1.61 bits per heavy atom. The van der Waals surface area contributed by atoms with Gasteiger partial charge in [-0.05, 0) is 50.1 Å². The summed E-state index contributed by atoms with van der Waals surface area (Å²) in [7, 11) is -3.68. The van der Waals surface area contributed by atoms with Crippen molar-refractivity contribution >= 4 is 21.5 Å². The van der Waals surface area contributed by atoms with Crippen LogP contribution in [0.2, 0.25) is 0 Å². The van der Waals surface area contributed by atoms with E-state index in [1.54, 1.807) is 25.1 Å². The van der Waals surface area contributed by atoms with Gasteiger partial charge in [0.25, 0.3) is 10.0 Å². The number of ketones is 1. The molecule has 3 rings (SSSR count). The van der Waals surface area contributed by atoms with E-state index < -0.39 is 10.0 Å². The van der Waals surface area contributed by atoms with Crippen LogP contribution in [0.1, 0.15) is 33.5 Å². The maximum atomic E-state index is 13.1. The van der Waals surface area contributed by atoms with E-state index in [0.717, 1.165) is 11.1 Å². The van der Waals surface area contributed by atoms with E-state index in [0.29, 0.717) is 21.7 Å². The van der Waals surface area contributed by atoms with Crippen LogP contribution in [-0.4, -0.2) is 20.7 Å². The summed E-state index contributed by atoms with van der Waals surface area (Å²) < 4.78 is 27.6. The number of Topliss-reactive ketones (excluding diaryl/α,β-unsaturated/α-hetero) is 1. The normalized spacial score (nSPS) is 14.7. The second-order valence-electron chi connectivity index (χ2n) is 6.04. The molecular formula is C18H19NO3S. The van der Waals surface area contributed by atoms with E-state index in [1.807, 2.05) is 32.0 Å². The van der Waals surface area contributed by atoms with Gasteiger partial charge in [0.2, 0.25) is 0 Å². The molecule has 1 aliphatic heterocycles. The fourth-order valence-electron chi connectivity index (χ4n) is 2.90. The first-order chi connectivity index (χ1) is 10.8. The average molecular weight is 329 g/mol. The highest BCUT2D eigenvalue weighted by Crippen LogP contribution is 2.33. The number of rotatable bonds is 2. The monoisotopic (exact) mass is 329 g/mol. The number of hydrogen-bond acceptors (Lipinski definition) is 3. The lowest BCUT2D eigenvalue weighted by Crippen LogP contribution is -2.37. The topological polar surface area (TPSA) is 54.5 Å². The van der Waals surface area contributed by atoms with Gasteiger partial charge in [-0.2, -0.15) is 0 Å². The summed E-state index contributed by atoms with van der Waals surface area (Å²) >= 11 is 0. The molecule has 0 saturated heterocycles. The van der Waals surface area contributed by atoms with Crippen LogP contribution in [0.15, 0.2) is 41.3 Å². The Kier molecular flexibility index (Phi) is 3.76. The standard InChI is InChI=1S/C18H19NO3S/c1-12-5-7-16-15(10-12)17(20)8-9-19(16)23(21,22)18-11-13(2)4-6-14(18)3/h4-7,10-11H,8-9H2,1-3H3. The van der Waals surface area contributed by atoms with Crippen molar-refractivity contribution in [3.8, 4) is 0 Å². The van der Waals surface area contributed by atoms with Crippen LogP contribution in [0.5, 0.6) is 0 Å². The maximum absolute atomic E-state index is 13.1. The maximum Gasteiger partial charge on any atom is 0.264 e. The van der Waals surface area contributed by atoms with E-state index in [9.17, 15) is 13.2 Å². The molecule has 0 aliphatic carbocycles. The predicted octanol–water partition coefficient (Wildman–Crippen LogP) is 3.39. The minimum absolute atomic E-state index is 0.00360. The Morgan fingerprint density at radius 3 is 2.35 bits per heavy atom. The summed E-state index contributed by atoms with van der Waals surface area (Å²) in [5, 5.41) is 0. The number of hydrogen-bond donors (Lipinski definition) is 0. The first-order valence-electron chi connectivity index (χ1n) is 7.54. The van der Waals surface area contributed by atoms with Gasteiger partial charge in [-0.25, -0.2) is 8.42 Å². The summed E-state index contributed by atoms with van der Waals surface area (Å²) in [6.45, 7) is 5.74. The van der Waals surface area contributed by atoms with Crippen molar-refractivity contribution in [2.24, 2.45) is 0 Å². The largest absolute Gasteiger partial charge is 0.294 e. The lowest BCUT2D eigenvalue weighted by Gasteiger charge is -2.30. The number of anilines is 1. The molecule has 1 heterocycles. The van der Waals surface area contributed by atoms with Crippen molar-refractivity contribution in [1.82, 2.24) is 0 Å². The van der Waals surface area contributed by atoms with Gasteiger partial charge in [0, 0.05) is 18.5 Å². The molecule has 0 bridgehead atoms. The summed E-state index contributed by atoms with van der Waals surface area (Å²) in [6.07, 6.45) is 0.209. The Hall–Kier alpha value is -2.14. The van der Waals surface area contributed by atoms with Crippen molar-refractivity contribution < 1.29 is 13.2 Å². The van der Waals surface area contributed by atoms with Gasteiger partial charge in [0.05, 0.1) is 10.6 Å². The minimum atomic E-state index is -3.68. The molecule has 0 saturated carbocycles. The molecule has 0 N–H and O–H groups in total. The van der Waals surface area contributed by atoms with Crippen molar-refractivity contribution in [2.45, 2.75) is 32.1 Å². The molecule has 0 atom stereocenters. The fourth-order valence-corrected chi connectivity index (χ4v) is 4.70. The zero-order valence-electron chi connectivity index (χ0n) is 13.5. The number of fused-ring (bicyclic) bond motifs is 1. The zero-order chi connectivity index (χ0) is 16.8. The van der Waals surface area contributed by atoms with Gasteiger partial charge in [0.1, 0.15) is 0 Å². The number of aryl methyl sites for hydroxylation is 3. The van der Waals surface area contributed by atoms with Crippen LogP contribution in [-0.2, 0) is 10.0 Å². The highest BCUT2D eigenvalue weighted by molar-refractivity contribution is 7.92. The van der Waals surface area contributed by atoms with Gasteiger partial charge < -0.3 is 0 Å². The van der Waals surface area contributed by atoms with E-state index in [2.05, 4.69) is 0 Å². The molecule has 4 nitrogen and oxygen atoms in total. The van der Waals surface area contributed by atoms with Crippen LogP contribution < -0.4 is 4.31 Å². The van der Waals surface area contributed by atoms with Gasteiger partial charge in [-0.1, -0.05) is 23.8 Å². The average Bonchev–Trinajstić information content (AvgIpc) is 2.50. The first kappa shape index (κ1) is 15.7. The van der Waals surface area contributed by atoms with Crippen molar-refractivity contribution in [3.05, 3.63) is 58.7 Å². The zero-order valence-corrected chi connectivity index (χ0v) is 14.3. The Morgan fingerprint density at radius 1 is 0.957 bits per heavy atom. The van der Waals surface area contributed by atoms with Gasteiger partial charge in [0.15, 0.2) is 5.78 Å². The lowest BCUT2D eigenvalue weighted by molar-refractivity contribution is 0.0982. The van der Waals surface area contributed by atoms with Crippen molar-refractivity contribution in [1.29, 1.82) is 0 Å². The summed E-state index contributed by atoms with van der Waals surface area (Å²) in [4.78, 5) is 12.5. The molecule has 23 heavy (non-hydrogen) atoms. The second-order valence-corrected chi connectivity index (χ2v) is 7.87. The Bertz CT molecular complexity index is 900. The third-order valence-electron chi connectivity index (χ3n) is 4.17. The van der Waals surface area contributed by atoms with Crippen LogP contribution in [0.25, 0.3) is 0 Å². The number of nitrogens with zero attached hydrogens (tertiary/aromatic N) is 1. The predicted molar refractivity (Wildman–Crippen MR) is 90.6 cm³/mol. The van der Waals surface area contributed by atoms with Crippen LogP contribution in [0.3, 0.4) is 0 Å². The second kappa shape index (κ2) is 5.49. The van der Waals surface area contributed by atoms with Gasteiger partial charge >= 0.3 is 0 Å². The molecule has 0 radical (unpaired) electrons. The molecular weight excluding hydrogens is 310 g/mol. The van der Waals surface area contributed by atoms with Crippen LogP contribution >= 0.6 is 0 Å². The van der Waals surface area contributed by atoms with Crippen molar-refractivity contribution in [2.75, 3.05) is 10.8 Å². The van der Waals surface area contributed by atoms with Crippen molar-refractivity contribution in [3.63, 3.8) is 0 Å². The van der Waals surface area contributed by atoms with E-state index >= 15 is 0 Å². The molecule has 0 amide bonds. The molecule has 1 aliphatic rings. The number of carbonyl (C=O) groups is 1. The molecule has 0 spiro atoms. The molecule has 0 fully saturated rings. The fraction of sp³-hybridized carbons (Fsp3) is 0.278.